The van der Waals surface area contributed by atoms with E-state index in [1.807, 2.05) is 27.0 Å². The minimum Gasteiger partial charge on any atom is -0.466 e. The van der Waals surface area contributed by atoms with Gasteiger partial charge < -0.3 is 14.2 Å². The molecule has 2 aromatic rings. The molecular formula is C12H14BrNO2. The SMILES string of the molecule is CNC(c1cc(C)oc1C)c1ccoc1Br. The summed E-state index contributed by atoms with van der Waals surface area (Å²) in [5.74, 6) is 1.86. The van der Waals surface area contributed by atoms with Crippen LogP contribution in [0.5, 0.6) is 0 Å². The predicted octanol–water partition coefficient (Wildman–Crippen LogP) is 3.56. The van der Waals surface area contributed by atoms with E-state index in [4.69, 9.17) is 8.83 Å². The van der Waals surface area contributed by atoms with Crippen molar-refractivity contribution in [3.05, 3.63) is 45.7 Å². The van der Waals surface area contributed by atoms with Crippen LogP contribution in [0.25, 0.3) is 0 Å². The van der Waals surface area contributed by atoms with Crippen molar-refractivity contribution in [1.82, 2.24) is 5.32 Å². The molecule has 0 aliphatic rings. The van der Waals surface area contributed by atoms with Gasteiger partial charge in [0.05, 0.1) is 12.3 Å². The summed E-state index contributed by atoms with van der Waals surface area (Å²) < 4.78 is 11.6. The number of hydrogen-bond donors (Lipinski definition) is 1. The molecule has 1 atom stereocenters. The van der Waals surface area contributed by atoms with Crippen LogP contribution in [0.3, 0.4) is 0 Å². The van der Waals surface area contributed by atoms with Crippen LogP contribution < -0.4 is 5.32 Å². The fourth-order valence-corrected chi connectivity index (χ4v) is 2.39. The number of nitrogens with one attached hydrogen (secondary N) is 1. The lowest BCUT2D eigenvalue weighted by atomic mass is 10.0. The Morgan fingerprint density at radius 3 is 2.50 bits per heavy atom. The zero-order valence-corrected chi connectivity index (χ0v) is 11.1. The van der Waals surface area contributed by atoms with Crippen LogP contribution in [0.1, 0.15) is 28.7 Å². The van der Waals surface area contributed by atoms with Crippen LogP contribution in [-0.2, 0) is 0 Å². The molecule has 0 aliphatic heterocycles. The third kappa shape index (κ3) is 1.95. The van der Waals surface area contributed by atoms with E-state index in [0.717, 1.165) is 27.3 Å². The minimum absolute atomic E-state index is 0.0885. The second kappa shape index (κ2) is 4.47. The van der Waals surface area contributed by atoms with Crippen molar-refractivity contribution in [2.45, 2.75) is 19.9 Å². The maximum atomic E-state index is 5.55. The molecule has 0 spiro atoms. The molecule has 2 heterocycles. The molecule has 2 rings (SSSR count). The Labute approximate surface area is 103 Å². The van der Waals surface area contributed by atoms with Crippen molar-refractivity contribution in [1.29, 1.82) is 0 Å². The molecule has 0 aromatic carbocycles. The summed E-state index contributed by atoms with van der Waals surface area (Å²) in [4.78, 5) is 0. The van der Waals surface area contributed by atoms with Crippen LogP contribution >= 0.6 is 15.9 Å². The van der Waals surface area contributed by atoms with Gasteiger partial charge in [-0.2, -0.15) is 0 Å². The van der Waals surface area contributed by atoms with Crippen molar-refractivity contribution < 1.29 is 8.83 Å². The standard InChI is InChI=1S/C12H14BrNO2/c1-7-6-10(8(2)16-7)11(14-3)9-4-5-15-12(9)13/h4-6,11,14H,1-3H3. The highest BCUT2D eigenvalue weighted by Gasteiger charge is 2.21. The van der Waals surface area contributed by atoms with E-state index in [-0.39, 0.29) is 6.04 Å². The zero-order valence-electron chi connectivity index (χ0n) is 9.50. The molecule has 3 nitrogen and oxygen atoms in total. The summed E-state index contributed by atoms with van der Waals surface area (Å²) in [6.45, 7) is 3.92. The smallest absolute Gasteiger partial charge is 0.174 e. The second-order valence-electron chi connectivity index (χ2n) is 3.74. The molecule has 16 heavy (non-hydrogen) atoms. The van der Waals surface area contributed by atoms with Gasteiger partial charge in [0.25, 0.3) is 0 Å². The Morgan fingerprint density at radius 1 is 1.31 bits per heavy atom. The monoisotopic (exact) mass is 283 g/mol. The van der Waals surface area contributed by atoms with Gasteiger partial charge in [0, 0.05) is 11.1 Å². The zero-order chi connectivity index (χ0) is 11.7. The van der Waals surface area contributed by atoms with Gasteiger partial charge in [-0.05, 0) is 49.0 Å². The molecule has 2 aromatic heterocycles. The van der Waals surface area contributed by atoms with Gasteiger partial charge in [0.1, 0.15) is 11.5 Å². The Hall–Kier alpha value is -1.00. The quantitative estimate of drug-likeness (QED) is 0.936. The molecule has 1 unspecified atom stereocenters. The van der Waals surface area contributed by atoms with E-state index in [1.54, 1.807) is 6.26 Å². The molecule has 0 amide bonds. The van der Waals surface area contributed by atoms with Crippen molar-refractivity contribution in [3.8, 4) is 0 Å². The van der Waals surface area contributed by atoms with E-state index in [1.165, 1.54) is 0 Å². The van der Waals surface area contributed by atoms with Gasteiger partial charge in [0.2, 0.25) is 0 Å². The van der Waals surface area contributed by atoms with Crippen LogP contribution in [-0.4, -0.2) is 7.05 Å². The van der Waals surface area contributed by atoms with Crippen molar-refractivity contribution in [2.75, 3.05) is 7.05 Å². The van der Waals surface area contributed by atoms with Crippen LogP contribution in [0.15, 0.2) is 31.9 Å². The summed E-state index contributed by atoms with van der Waals surface area (Å²) in [6, 6.07) is 4.09. The molecule has 0 saturated heterocycles. The van der Waals surface area contributed by atoms with Crippen LogP contribution in [0.2, 0.25) is 0 Å². The highest BCUT2D eigenvalue weighted by Crippen LogP contribution is 2.32. The average Bonchev–Trinajstić information content (AvgIpc) is 2.77. The molecular weight excluding hydrogens is 270 g/mol. The van der Waals surface area contributed by atoms with Gasteiger partial charge in [-0.3, -0.25) is 0 Å². The van der Waals surface area contributed by atoms with E-state index in [0.29, 0.717) is 0 Å². The summed E-state index contributed by atoms with van der Waals surface area (Å²) in [7, 11) is 1.92. The first-order chi connectivity index (χ1) is 7.63. The van der Waals surface area contributed by atoms with Crippen molar-refractivity contribution >= 4 is 15.9 Å². The number of halogens is 1. The molecule has 0 saturated carbocycles. The molecule has 0 aliphatic carbocycles. The Morgan fingerprint density at radius 2 is 2.06 bits per heavy atom. The number of aryl methyl sites for hydroxylation is 2. The van der Waals surface area contributed by atoms with Gasteiger partial charge in [-0.1, -0.05) is 0 Å². The Kier molecular flexibility index (Phi) is 3.21. The number of furan rings is 2. The van der Waals surface area contributed by atoms with Crippen LogP contribution in [0.4, 0.5) is 0 Å². The molecule has 86 valence electrons. The third-order valence-corrected chi connectivity index (χ3v) is 3.28. The van der Waals surface area contributed by atoms with Crippen molar-refractivity contribution in [3.63, 3.8) is 0 Å². The molecule has 0 radical (unpaired) electrons. The largest absolute Gasteiger partial charge is 0.466 e. The normalized spacial score (nSPS) is 13.0. The van der Waals surface area contributed by atoms with Gasteiger partial charge in [-0.15, -0.1) is 0 Å². The Balaban J connectivity index is 2.44. The molecule has 0 bridgehead atoms. The molecule has 1 N–H and O–H groups in total. The van der Waals surface area contributed by atoms with Crippen molar-refractivity contribution in [2.24, 2.45) is 0 Å². The van der Waals surface area contributed by atoms with E-state index in [9.17, 15) is 0 Å². The first-order valence-corrected chi connectivity index (χ1v) is 5.90. The maximum absolute atomic E-state index is 5.55. The summed E-state index contributed by atoms with van der Waals surface area (Å²) in [6.07, 6.45) is 1.67. The lowest BCUT2D eigenvalue weighted by Gasteiger charge is -2.14. The van der Waals surface area contributed by atoms with Gasteiger partial charge >= 0.3 is 0 Å². The third-order valence-electron chi connectivity index (χ3n) is 2.64. The lowest BCUT2D eigenvalue weighted by molar-refractivity contribution is 0.495. The summed E-state index contributed by atoms with van der Waals surface area (Å²) >= 11 is 3.40. The van der Waals surface area contributed by atoms with E-state index in [2.05, 4.69) is 27.3 Å². The topological polar surface area (TPSA) is 38.3 Å². The molecule has 4 heteroatoms. The van der Waals surface area contributed by atoms with Gasteiger partial charge in [0.15, 0.2) is 4.67 Å². The Bertz CT molecular complexity index is 487. The van der Waals surface area contributed by atoms with Gasteiger partial charge in [-0.25, -0.2) is 0 Å². The van der Waals surface area contributed by atoms with Crippen LogP contribution in [0, 0.1) is 13.8 Å². The fraction of sp³-hybridized carbons (Fsp3) is 0.333. The fourth-order valence-electron chi connectivity index (χ4n) is 1.93. The second-order valence-corrected chi connectivity index (χ2v) is 4.46. The lowest BCUT2D eigenvalue weighted by Crippen LogP contribution is -2.17. The highest BCUT2D eigenvalue weighted by atomic mass is 79.9. The summed E-state index contributed by atoms with van der Waals surface area (Å²) in [5, 5.41) is 3.27. The maximum Gasteiger partial charge on any atom is 0.174 e. The first kappa shape index (κ1) is 11.5. The first-order valence-electron chi connectivity index (χ1n) is 5.10. The number of hydrogen-bond acceptors (Lipinski definition) is 3. The number of rotatable bonds is 3. The minimum atomic E-state index is 0.0885. The predicted molar refractivity (Wildman–Crippen MR) is 65.5 cm³/mol. The summed E-state index contributed by atoms with van der Waals surface area (Å²) in [5.41, 5.74) is 2.22. The van der Waals surface area contributed by atoms with E-state index < -0.39 is 0 Å². The molecule has 0 fully saturated rings. The van der Waals surface area contributed by atoms with E-state index >= 15 is 0 Å². The highest BCUT2D eigenvalue weighted by molar-refractivity contribution is 9.10. The average molecular weight is 284 g/mol.